The number of aromatic nitrogens is 2. The summed E-state index contributed by atoms with van der Waals surface area (Å²) in [5, 5.41) is 4.35. The Kier molecular flexibility index (Phi) is 8.08. The van der Waals surface area contributed by atoms with Crippen molar-refractivity contribution < 1.29 is 9.47 Å². The van der Waals surface area contributed by atoms with E-state index in [-0.39, 0.29) is 12.1 Å². The predicted molar refractivity (Wildman–Crippen MR) is 150 cm³/mol. The number of hydrogen-bond donors (Lipinski definition) is 1. The maximum Gasteiger partial charge on any atom is 0.170 e. The standard InChI is InChI=1S/C29H37N5O2S/c1-21-19-25(22(2)33(21)14-6-13-32-15-17-36-18-16-32)28-27(26-7-4-5-12-30-26)31-29(37)34(28)20-23-8-10-24(35-3)11-9-23/h4-5,7-12,19,27-28H,6,13-18,20H2,1-3H3,(H,31,37)/t27-,28+/m0/s1. The lowest BCUT2D eigenvalue weighted by Gasteiger charge is -2.28. The Morgan fingerprint density at radius 3 is 2.57 bits per heavy atom. The molecule has 2 fully saturated rings. The van der Waals surface area contributed by atoms with Gasteiger partial charge in [-0.25, -0.2) is 0 Å². The first-order valence-corrected chi connectivity index (χ1v) is 13.5. The van der Waals surface area contributed by atoms with Gasteiger partial charge in [-0.3, -0.25) is 9.88 Å². The molecular formula is C29H37N5O2S. The summed E-state index contributed by atoms with van der Waals surface area (Å²) in [6, 6.07) is 16.7. The molecule has 0 bridgehead atoms. The molecule has 1 aromatic carbocycles. The van der Waals surface area contributed by atoms with Crippen molar-refractivity contribution in [3.8, 4) is 5.75 Å². The van der Waals surface area contributed by atoms with Crippen LogP contribution in [0.15, 0.2) is 54.7 Å². The molecule has 5 rings (SSSR count). The number of nitrogens with zero attached hydrogens (tertiary/aromatic N) is 4. The van der Waals surface area contributed by atoms with Crippen LogP contribution in [0.4, 0.5) is 0 Å². The lowest BCUT2D eigenvalue weighted by molar-refractivity contribution is 0.0369. The van der Waals surface area contributed by atoms with E-state index in [1.807, 2.05) is 30.5 Å². The van der Waals surface area contributed by atoms with Gasteiger partial charge in [0.05, 0.1) is 38.1 Å². The molecule has 2 aliphatic rings. The third-order valence-corrected chi connectivity index (χ3v) is 7.95. The summed E-state index contributed by atoms with van der Waals surface area (Å²) >= 11 is 5.91. The van der Waals surface area contributed by atoms with Crippen molar-refractivity contribution in [2.75, 3.05) is 40.0 Å². The number of pyridine rings is 1. The molecule has 0 amide bonds. The van der Waals surface area contributed by atoms with Gasteiger partial charge >= 0.3 is 0 Å². The normalized spacial score (nSPS) is 20.3. The fraction of sp³-hybridized carbons (Fsp3) is 0.448. The van der Waals surface area contributed by atoms with Crippen molar-refractivity contribution >= 4 is 17.3 Å². The Balaban J connectivity index is 1.42. The number of morpholine rings is 1. The molecule has 2 aromatic heterocycles. The highest BCUT2D eigenvalue weighted by molar-refractivity contribution is 7.80. The average molecular weight is 520 g/mol. The monoisotopic (exact) mass is 519 g/mol. The zero-order valence-electron chi connectivity index (χ0n) is 22.0. The molecule has 4 heterocycles. The number of benzene rings is 1. The van der Waals surface area contributed by atoms with Gasteiger partial charge in [-0.05, 0) is 73.9 Å². The summed E-state index contributed by atoms with van der Waals surface area (Å²) in [6.07, 6.45) is 2.98. The molecule has 37 heavy (non-hydrogen) atoms. The molecule has 1 N–H and O–H groups in total. The highest BCUT2D eigenvalue weighted by Gasteiger charge is 2.41. The highest BCUT2D eigenvalue weighted by Crippen LogP contribution is 2.41. The van der Waals surface area contributed by atoms with Gasteiger partial charge in [-0.2, -0.15) is 0 Å². The van der Waals surface area contributed by atoms with Crippen LogP contribution >= 0.6 is 12.2 Å². The van der Waals surface area contributed by atoms with E-state index >= 15 is 0 Å². The van der Waals surface area contributed by atoms with Crippen LogP contribution in [0.3, 0.4) is 0 Å². The molecule has 2 aliphatic heterocycles. The zero-order chi connectivity index (χ0) is 25.8. The Labute approximate surface area is 225 Å². The van der Waals surface area contributed by atoms with Gasteiger partial charge < -0.3 is 24.3 Å². The van der Waals surface area contributed by atoms with Gasteiger partial charge in [0.1, 0.15) is 5.75 Å². The fourth-order valence-electron chi connectivity index (χ4n) is 5.59. The van der Waals surface area contributed by atoms with Crippen LogP contribution in [0.25, 0.3) is 0 Å². The third kappa shape index (κ3) is 5.66. The van der Waals surface area contributed by atoms with Gasteiger partial charge in [0.15, 0.2) is 5.11 Å². The van der Waals surface area contributed by atoms with Crippen molar-refractivity contribution in [3.05, 3.63) is 82.9 Å². The smallest absolute Gasteiger partial charge is 0.170 e. The minimum Gasteiger partial charge on any atom is -0.497 e. The van der Waals surface area contributed by atoms with E-state index in [1.165, 1.54) is 22.5 Å². The lowest BCUT2D eigenvalue weighted by atomic mass is 9.96. The topological polar surface area (TPSA) is 54.8 Å². The molecule has 0 spiro atoms. The van der Waals surface area contributed by atoms with E-state index in [1.54, 1.807) is 7.11 Å². The Bertz CT molecular complexity index is 1190. The number of methoxy groups -OCH3 is 1. The molecule has 2 saturated heterocycles. The molecule has 0 radical (unpaired) electrons. The molecular weight excluding hydrogens is 482 g/mol. The Hall–Kier alpha value is -2.94. The zero-order valence-corrected chi connectivity index (χ0v) is 22.8. The quantitative estimate of drug-likeness (QED) is 0.421. The second kappa shape index (κ2) is 11.6. The van der Waals surface area contributed by atoms with Crippen molar-refractivity contribution in [1.82, 2.24) is 24.7 Å². The maximum atomic E-state index is 5.91. The summed E-state index contributed by atoms with van der Waals surface area (Å²) in [5.74, 6) is 0.856. The molecule has 7 nitrogen and oxygen atoms in total. The van der Waals surface area contributed by atoms with Crippen LogP contribution in [0.2, 0.25) is 0 Å². The first-order valence-electron chi connectivity index (χ1n) is 13.1. The molecule has 0 saturated carbocycles. The van der Waals surface area contributed by atoms with Gasteiger partial charge in [-0.15, -0.1) is 0 Å². The van der Waals surface area contributed by atoms with E-state index in [0.717, 1.165) is 62.4 Å². The van der Waals surface area contributed by atoms with Crippen LogP contribution < -0.4 is 10.1 Å². The van der Waals surface area contributed by atoms with Crippen LogP contribution in [0.1, 0.15) is 46.7 Å². The number of thiocarbonyl (C=S) groups is 1. The first kappa shape index (κ1) is 25.7. The van der Waals surface area contributed by atoms with Gasteiger partial charge in [-0.1, -0.05) is 18.2 Å². The van der Waals surface area contributed by atoms with E-state index < -0.39 is 0 Å². The number of ether oxygens (including phenoxy) is 2. The Morgan fingerprint density at radius 1 is 1.08 bits per heavy atom. The molecule has 2 atom stereocenters. The molecule has 0 aliphatic carbocycles. The number of hydrogen-bond acceptors (Lipinski definition) is 5. The van der Waals surface area contributed by atoms with Gasteiger partial charge in [0.2, 0.25) is 0 Å². The lowest BCUT2D eigenvalue weighted by Crippen LogP contribution is -2.37. The van der Waals surface area contributed by atoms with Crippen LogP contribution in [0.5, 0.6) is 5.75 Å². The number of aryl methyl sites for hydroxylation is 1. The summed E-state index contributed by atoms with van der Waals surface area (Å²) in [6.45, 7) is 11.0. The molecule has 196 valence electrons. The van der Waals surface area contributed by atoms with Crippen molar-refractivity contribution in [2.24, 2.45) is 0 Å². The number of rotatable bonds is 9. The summed E-state index contributed by atoms with van der Waals surface area (Å²) in [5.41, 5.74) is 6.09. The maximum absolute atomic E-state index is 5.91. The van der Waals surface area contributed by atoms with Gasteiger partial charge in [0, 0.05) is 50.3 Å². The van der Waals surface area contributed by atoms with E-state index in [4.69, 9.17) is 26.7 Å². The van der Waals surface area contributed by atoms with Crippen LogP contribution in [0, 0.1) is 13.8 Å². The van der Waals surface area contributed by atoms with E-state index in [2.05, 4.69) is 57.8 Å². The summed E-state index contributed by atoms with van der Waals surface area (Å²) in [7, 11) is 1.69. The summed E-state index contributed by atoms with van der Waals surface area (Å²) < 4.78 is 13.3. The fourth-order valence-corrected chi connectivity index (χ4v) is 5.90. The summed E-state index contributed by atoms with van der Waals surface area (Å²) in [4.78, 5) is 9.53. The largest absolute Gasteiger partial charge is 0.497 e. The molecule has 8 heteroatoms. The third-order valence-electron chi connectivity index (χ3n) is 7.60. The van der Waals surface area contributed by atoms with Crippen LogP contribution in [-0.4, -0.2) is 64.4 Å². The SMILES string of the molecule is COc1ccc(CN2C(=S)N[C@@H](c3ccccn3)[C@H]2c2cc(C)n(CCCN3CCOCC3)c2C)cc1. The average Bonchev–Trinajstić information content (AvgIpc) is 3.40. The number of nitrogens with one attached hydrogen (secondary N) is 1. The second-order valence-corrected chi connectivity index (χ2v) is 10.3. The van der Waals surface area contributed by atoms with Crippen molar-refractivity contribution in [3.63, 3.8) is 0 Å². The highest BCUT2D eigenvalue weighted by atomic mass is 32.1. The second-order valence-electron chi connectivity index (χ2n) is 9.89. The Morgan fingerprint density at radius 2 is 1.86 bits per heavy atom. The van der Waals surface area contributed by atoms with Crippen molar-refractivity contribution in [1.29, 1.82) is 0 Å². The molecule has 3 aromatic rings. The first-order chi connectivity index (χ1) is 18.0. The predicted octanol–water partition coefficient (Wildman–Crippen LogP) is 4.40. The van der Waals surface area contributed by atoms with E-state index in [9.17, 15) is 0 Å². The minimum absolute atomic E-state index is 0.0192. The minimum atomic E-state index is -0.0192. The van der Waals surface area contributed by atoms with Gasteiger partial charge in [0.25, 0.3) is 0 Å². The van der Waals surface area contributed by atoms with Crippen LogP contribution in [-0.2, 0) is 17.8 Å². The molecule has 0 unspecified atom stereocenters. The van der Waals surface area contributed by atoms with Crippen molar-refractivity contribution in [2.45, 2.75) is 45.4 Å². The van der Waals surface area contributed by atoms with E-state index in [0.29, 0.717) is 6.54 Å².